The van der Waals surface area contributed by atoms with Crippen molar-refractivity contribution >= 4 is 45.7 Å². The highest BCUT2D eigenvalue weighted by Gasteiger charge is 2.34. The Morgan fingerprint density at radius 3 is 1.85 bits per heavy atom. The Hall–Kier alpha value is -1.34. The highest BCUT2D eigenvalue weighted by atomic mass is 79.9. The number of carbonyl (C=O) groups is 2. The van der Waals surface area contributed by atoms with Crippen LogP contribution in [0, 0.1) is 5.41 Å². The molecular weight excluding hydrogens is 414 g/mol. The number of imide groups is 1. The molecule has 0 saturated heterocycles. The van der Waals surface area contributed by atoms with Gasteiger partial charge in [0.05, 0.1) is 11.1 Å². The molecule has 1 aromatic carbocycles. The Kier molecular flexibility index (Phi) is 10.6. The lowest BCUT2D eigenvalue weighted by atomic mass is 10.1. The number of hydrogen-bond donors (Lipinski definition) is 2. The molecule has 5 nitrogen and oxygen atoms in total. The zero-order chi connectivity index (χ0) is 18.1. The molecular formula is C19H28BrN3O2S. The minimum atomic E-state index is -0.149. The van der Waals surface area contributed by atoms with Crippen LogP contribution in [-0.2, 0) is 0 Å². The largest absolute Gasteiger partial charge is 0.379 e. The maximum Gasteiger partial charge on any atom is 0.261 e. The van der Waals surface area contributed by atoms with E-state index in [2.05, 4.69) is 0 Å². The Bertz CT molecular complexity index is 590. The summed E-state index contributed by atoms with van der Waals surface area (Å²) in [5, 5.41) is 7.33. The fourth-order valence-electron chi connectivity index (χ4n) is 3.06. The lowest BCUT2D eigenvalue weighted by Gasteiger charge is -2.13. The van der Waals surface area contributed by atoms with Crippen LogP contribution in [0.3, 0.4) is 0 Å². The summed E-state index contributed by atoms with van der Waals surface area (Å²) in [6.07, 6.45) is 9.01. The van der Waals surface area contributed by atoms with Crippen molar-refractivity contribution in [3.8, 4) is 0 Å². The number of fused-ring (bicyclic) bond motifs is 1. The third kappa shape index (κ3) is 6.76. The van der Waals surface area contributed by atoms with E-state index in [0.717, 1.165) is 31.4 Å². The molecule has 144 valence electrons. The molecule has 3 N–H and O–H groups in total. The Balaban J connectivity index is 0.00000338. The van der Waals surface area contributed by atoms with Crippen LogP contribution in [0.4, 0.5) is 0 Å². The van der Waals surface area contributed by atoms with Crippen molar-refractivity contribution in [2.75, 3.05) is 12.3 Å². The molecule has 0 aromatic heterocycles. The number of nitrogens with two attached hydrogens (primary N) is 1. The molecule has 0 fully saturated rings. The molecule has 0 aliphatic carbocycles. The van der Waals surface area contributed by atoms with Crippen LogP contribution < -0.4 is 5.73 Å². The molecule has 0 radical (unpaired) electrons. The quantitative estimate of drug-likeness (QED) is 0.227. The van der Waals surface area contributed by atoms with E-state index in [0.29, 0.717) is 17.7 Å². The van der Waals surface area contributed by atoms with Gasteiger partial charge < -0.3 is 5.73 Å². The summed E-state index contributed by atoms with van der Waals surface area (Å²) in [4.78, 5) is 25.8. The SMILES string of the molecule is Br.N=C(N)SCCCCCCCCCCN1C(=O)c2ccccc2C1=O. The van der Waals surface area contributed by atoms with Gasteiger partial charge in [0, 0.05) is 12.3 Å². The molecule has 2 rings (SSSR count). The summed E-state index contributed by atoms with van der Waals surface area (Å²) in [5.41, 5.74) is 6.36. The summed E-state index contributed by atoms with van der Waals surface area (Å²) in [7, 11) is 0. The van der Waals surface area contributed by atoms with Gasteiger partial charge in [0.15, 0.2) is 5.17 Å². The Morgan fingerprint density at radius 2 is 1.35 bits per heavy atom. The van der Waals surface area contributed by atoms with E-state index in [1.807, 2.05) is 0 Å². The highest BCUT2D eigenvalue weighted by molar-refractivity contribution is 8.93. The van der Waals surface area contributed by atoms with Crippen LogP contribution in [0.25, 0.3) is 0 Å². The minimum Gasteiger partial charge on any atom is -0.379 e. The first-order valence-corrected chi connectivity index (χ1v) is 10.0. The number of benzene rings is 1. The second kappa shape index (κ2) is 12.1. The molecule has 1 aromatic rings. The summed E-state index contributed by atoms with van der Waals surface area (Å²) in [5.74, 6) is 0.642. The monoisotopic (exact) mass is 441 g/mol. The molecule has 0 saturated carbocycles. The van der Waals surface area contributed by atoms with Gasteiger partial charge in [-0.2, -0.15) is 0 Å². The van der Waals surface area contributed by atoms with Crippen LogP contribution in [0.15, 0.2) is 24.3 Å². The second-order valence-electron chi connectivity index (χ2n) is 6.35. The van der Waals surface area contributed by atoms with Gasteiger partial charge in [0.2, 0.25) is 0 Å². The predicted molar refractivity (Wildman–Crippen MR) is 113 cm³/mol. The van der Waals surface area contributed by atoms with E-state index in [1.165, 1.54) is 42.3 Å². The molecule has 2 amide bonds. The van der Waals surface area contributed by atoms with Gasteiger partial charge in [0.25, 0.3) is 11.8 Å². The van der Waals surface area contributed by atoms with Crippen molar-refractivity contribution in [1.29, 1.82) is 5.41 Å². The molecule has 0 spiro atoms. The lowest BCUT2D eigenvalue weighted by molar-refractivity contribution is 0.0651. The summed E-state index contributed by atoms with van der Waals surface area (Å²) < 4.78 is 0. The first-order chi connectivity index (χ1) is 12.1. The van der Waals surface area contributed by atoms with Gasteiger partial charge in [-0.15, -0.1) is 17.0 Å². The number of thioether (sulfide) groups is 1. The number of nitrogens with one attached hydrogen (secondary N) is 1. The van der Waals surface area contributed by atoms with Crippen LogP contribution in [0.2, 0.25) is 0 Å². The van der Waals surface area contributed by atoms with Gasteiger partial charge >= 0.3 is 0 Å². The Labute approximate surface area is 170 Å². The normalized spacial score (nSPS) is 12.8. The van der Waals surface area contributed by atoms with E-state index < -0.39 is 0 Å². The molecule has 26 heavy (non-hydrogen) atoms. The summed E-state index contributed by atoms with van der Waals surface area (Å²) in [6, 6.07) is 7.05. The number of hydrogen-bond acceptors (Lipinski definition) is 4. The van der Waals surface area contributed by atoms with Crippen molar-refractivity contribution in [2.45, 2.75) is 51.4 Å². The first-order valence-electron chi connectivity index (χ1n) is 9.03. The zero-order valence-electron chi connectivity index (χ0n) is 15.0. The van der Waals surface area contributed by atoms with Gasteiger partial charge in [-0.3, -0.25) is 19.9 Å². The highest BCUT2D eigenvalue weighted by Crippen LogP contribution is 2.23. The molecule has 0 atom stereocenters. The predicted octanol–water partition coefficient (Wildman–Crippen LogP) is 4.61. The van der Waals surface area contributed by atoms with Gasteiger partial charge in [-0.25, -0.2) is 0 Å². The number of rotatable bonds is 11. The van der Waals surface area contributed by atoms with E-state index in [4.69, 9.17) is 11.1 Å². The molecule has 1 aliphatic heterocycles. The van der Waals surface area contributed by atoms with E-state index in [-0.39, 0.29) is 34.0 Å². The Morgan fingerprint density at radius 1 is 0.885 bits per heavy atom. The summed E-state index contributed by atoms with van der Waals surface area (Å²) in [6.45, 7) is 0.522. The lowest BCUT2D eigenvalue weighted by Crippen LogP contribution is -2.30. The van der Waals surface area contributed by atoms with E-state index >= 15 is 0 Å². The molecule has 0 unspecified atom stereocenters. The zero-order valence-corrected chi connectivity index (χ0v) is 17.6. The van der Waals surface area contributed by atoms with Crippen molar-refractivity contribution in [3.63, 3.8) is 0 Å². The number of unbranched alkanes of at least 4 members (excludes halogenated alkanes) is 7. The number of amides is 2. The topological polar surface area (TPSA) is 87.2 Å². The maximum absolute atomic E-state index is 12.2. The first kappa shape index (κ1) is 22.7. The average molecular weight is 442 g/mol. The fraction of sp³-hybridized carbons (Fsp3) is 0.526. The van der Waals surface area contributed by atoms with E-state index in [9.17, 15) is 9.59 Å². The molecule has 7 heteroatoms. The van der Waals surface area contributed by atoms with Crippen LogP contribution in [0.5, 0.6) is 0 Å². The van der Waals surface area contributed by atoms with Crippen LogP contribution in [0.1, 0.15) is 72.1 Å². The molecule has 0 bridgehead atoms. The minimum absolute atomic E-state index is 0. The van der Waals surface area contributed by atoms with Crippen LogP contribution in [-0.4, -0.2) is 34.2 Å². The molecule has 1 heterocycles. The van der Waals surface area contributed by atoms with Crippen molar-refractivity contribution in [2.24, 2.45) is 5.73 Å². The summed E-state index contributed by atoms with van der Waals surface area (Å²) >= 11 is 1.42. The third-order valence-electron chi connectivity index (χ3n) is 4.41. The fourth-order valence-corrected chi connectivity index (χ4v) is 3.63. The van der Waals surface area contributed by atoms with Gasteiger partial charge in [-0.1, -0.05) is 62.4 Å². The van der Waals surface area contributed by atoms with Gasteiger partial charge in [-0.05, 0) is 25.0 Å². The standard InChI is InChI=1S/C19H27N3O2S.BrH/c20-19(21)25-14-10-6-4-2-1-3-5-9-13-22-17(23)15-11-7-8-12-16(15)18(22)24;/h7-8,11-12H,1-6,9-10,13-14H2,(H3,20,21);1H. The van der Waals surface area contributed by atoms with E-state index in [1.54, 1.807) is 24.3 Å². The van der Waals surface area contributed by atoms with Gasteiger partial charge in [0.1, 0.15) is 0 Å². The second-order valence-corrected chi connectivity index (χ2v) is 7.49. The molecule has 1 aliphatic rings. The smallest absolute Gasteiger partial charge is 0.261 e. The van der Waals surface area contributed by atoms with Crippen molar-refractivity contribution < 1.29 is 9.59 Å². The third-order valence-corrected chi connectivity index (χ3v) is 5.22. The number of amidine groups is 1. The maximum atomic E-state index is 12.2. The number of nitrogens with zero attached hydrogens (tertiary/aromatic N) is 1. The number of carbonyl (C=O) groups excluding carboxylic acids is 2. The van der Waals surface area contributed by atoms with Crippen molar-refractivity contribution in [3.05, 3.63) is 35.4 Å². The van der Waals surface area contributed by atoms with Crippen LogP contribution >= 0.6 is 28.7 Å². The average Bonchev–Trinajstić information content (AvgIpc) is 2.84. The van der Waals surface area contributed by atoms with Crippen molar-refractivity contribution in [1.82, 2.24) is 4.90 Å². The number of halogens is 1.